The number of benzene rings is 2. The van der Waals surface area contributed by atoms with Crippen LogP contribution in [0.25, 0.3) is 11.1 Å². The Morgan fingerprint density at radius 3 is 2.15 bits per heavy atom. The number of halogens is 7. The standard InChI is InChI=1S/C23H17F7N5O5P/c24-16-4-7-18(19(25)9-16)21(40-41(36,37)38,11-35-13-32-33-34-35)23(29,30)20-8-3-15(10-31-20)14-1-5-17(6-2-14)39-12-22(26,27)28/h1-10,13H,11-12H2,(H2,36,37,38). The van der Waals surface area contributed by atoms with E-state index >= 15 is 8.78 Å². The van der Waals surface area contributed by atoms with E-state index in [1.165, 1.54) is 24.3 Å². The summed E-state index contributed by atoms with van der Waals surface area (Å²) in [5.41, 5.74) is -5.30. The molecule has 0 radical (unpaired) electrons. The first-order chi connectivity index (χ1) is 19.1. The highest BCUT2D eigenvalue weighted by Gasteiger charge is 2.62. The second kappa shape index (κ2) is 11.2. The predicted octanol–water partition coefficient (Wildman–Crippen LogP) is 4.75. The van der Waals surface area contributed by atoms with Gasteiger partial charge in [0, 0.05) is 23.4 Å². The fourth-order valence-corrected chi connectivity index (χ4v) is 4.53. The van der Waals surface area contributed by atoms with Crippen molar-refractivity contribution in [3.8, 4) is 16.9 Å². The number of rotatable bonds is 10. The molecule has 18 heteroatoms. The smallest absolute Gasteiger partial charge is 0.470 e. The van der Waals surface area contributed by atoms with Crippen LogP contribution in [0.2, 0.25) is 0 Å². The molecule has 0 spiro atoms. The van der Waals surface area contributed by atoms with Gasteiger partial charge in [-0.1, -0.05) is 18.2 Å². The van der Waals surface area contributed by atoms with Crippen LogP contribution < -0.4 is 4.74 Å². The van der Waals surface area contributed by atoms with Crippen LogP contribution in [-0.2, 0) is 27.2 Å². The summed E-state index contributed by atoms with van der Waals surface area (Å²) in [6, 6.07) is 8.35. The van der Waals surface area contributed by atoms with Crippen LogP contribution in [0, 0.1) is 11.6 Å². The van der Waals surface area contributed by atoms with Crippen molar-refractivity contribution < 1.29 is 54.3 Å². The van der Waals surface area contributed by atoms with E-state index < -0.39 is 61.6 Å². The van der Waals surface area contributed by atoms with Gasteiger partial charge in [0.25, 0.3) is 0 Å². The number of phosphoric acid groups is 1. The van der Waals surface area contributed by atoms with Crippen molar-refractivity contribution in [2.45, 2.75) is 24.2 Å². The molecule has 2 aromatic heterocycles. The van der Waals surface area contributed by atoms with Gasteiger partial charge in [0.15, 0.2) is 12.2 Å². The molecule has 2 aromatic carbocycles. The van der Waals surface area contributed by atoms with Crippen molar-refractivity contribution in [2.24, 2.45) is 0 Å². The highest BCUT2D eigenvalue weighted by atomic mass is 31.2. The number of alkyl halides is 5. The summed E-state index contributed by atoms with van der Waals surface area (Å²) in [6.45, 7) is -2.78. The van der Waals surface area contributed by atoms with Crippen molar-refractivity contribution in [1.29, 1.82) is 0 Å². The molecular formula is C23H17F7N5O5P. The quantitative estimate of drug-likeness (QED) is 0.194. The summed E-state index contributed by atoms with van der Waals surface area (Å²) in [4.78, 5) is 22.9. The van der Waals surface area contributed by atoms with Gasteiger partial charge in [0.05, 0.1) is 6.54 Å². The minimum absolute atomic E-state index is 0.106. The first-order valence-electron chi connectivity index (χ1n) is 11.2. The van der Waals surface area contributed by atoms with Crippen molar-refractivity contribution in [3.05, 3.63) is 90.0 Å². The molecular weight excluding hydrogens is 590 g/mol. The van der Waals surface area contributed by atoms with Gasteiger partial charge in [-0.3, -0.25) is 9.51 Å². The molecule has 0 bridgehead atoms. The maximum absolute atomic E-state index is 16.4. The zero-order chi connectivity index (χ0) is 30.1. The zero-order valence-electron chi connectivity index (χ0n) is 20.2. The SMILES string of the molecule is O=P(O)(O)OC(Cn1cnnn1)(c1ccc(F)cc1F)C(F)(F)c1ccc(-c2ccc(OCC(F)(F)F)cc2)cn1. The lowest BCUT2D eigenvalue weighted by atomic mass is 9.84. The second-order valence-electron chi connectivity index (χ2n) is 8.48. The molecule has 0 saturated carbocycles. The zero-order valence-corrected chi connectivity index (χ0v) is 21.1. The minimum atomic E-state index is -5.83. The van der Waals surface area contributed by atoms with E-state index in [0.29, 0.717) is 22.4 Å². The molecule has 41 heavy (non-hydrogen) atoms. The van der Waals surface area contributed by atoms with Crippen LogP contribution in [0.15, 0.2) is 67.1 Å². The van der Waals surface area contributed by atoms with Gasteiger partial charge in [-0.2, -0.15) is 22.0 Å². The number of hydrogen-bond acceptors (Lipinski definition) is 7. The fraction of sp³-hybridized carbons (Fsp3) is 0.217. The van der Waals surface area contributed by atoms with Gasteiger partial charge < -0.3 is 14.5 Å². The number of pyridine rings is 1. The average molecular weight is 607 g/mol. The molecule has 2 N–H and O–H groups in total. The first kappa shape index (κ1) is 30.0. The Labute approximate surface area is 225 Å². The Bertz CT molecular complexity index is 1530. The molecule has 0 amide bonds. The highest BCUT2D eigenvalue weighted by Crippen LogP contribution is 2.57. The number of hydrogen-bond donors (Lipinski definition) is 2. The normalized spacial score (nSPS) is 14.1. The predicted molar refractivity (Wildman–Crippen MR) is 124 cm³/mol. The third kappa shape index (κ3) is 6.87. The summed E-state index contributed by atoms with van der Waals surface area (Å²) in [7, 11) is -5.83. The molecule has 0 aliphatic rings. The summed E-state index contributed by atoms with van der Waals surface area (Å²) in [5.74, 6) is -7.42. The Balaban J connectivity index is 1.76. The molecule has 4 rings (SSSR count). The molecule has 10 nitrogen and oxygen atoms in total. The van der Waals surface area contributed by atoms with E-state index in [0.717, 1.165) is 24.7 Å². The second-order valence-corrected chi connectivity index (χ2v) is 9.64. The number of tetrazole rings is 1. The summed E-state index contributed by atoms with van der Waals surface area (Å²) in [5, 5.41) is 9.93. The van der Waals surface area contributed by atoms with Gasteiger partial charge in [-0.15, -0.1) is 5.10 Å². The number of aromatic nitrogens is 5. The maximum Gasteiger partial charge on any atom is 0.470 e. The first-order valence-corrected chi connectivity index (χ1v) is 12.7. The Kier molecular flexibility index (Phi) is 8.18. The van der Waals surface area contributed by atoms with Gasteiger partial charge in [0.1, 0.15) is 29.4 Å². The molecule has 2 heterocycles. The largest absolute Gasteiger partial charge is 0.484 e. The van der Waals surface area contributed by atoms with E-state index in [1.54, 1.807) is 0 Å². The average Bonchev–Trinajstić information content (AvgIpc) is 3.39. The molecule has 1 atom stereocenters. The van der Waals surface area contributed by atoms with Crippen LogP contribution in [0.5, 0.6) is 5.75 Å². The van der Waals surface area contributed by atoms with Crippen molar-refractivity contribution in [1.82, 2.24) is 25.2 Å². The summed E-state index contributed by atoms with van der Waals surface area (Å²) >= 11 is 0. The lowest BCUT2D eigenvalue weighted by Crippen LogP contribution is -2.49. The third-order valence-electron chi connectivity index (χ3n) is 5.60. The fourth-order valence-electron chi connectivity index (χ4n) is 3.86. The van der Waals surface area contributed by atoms with E-state index in [9.17, 15) is 36.3 Å². The minimum Gasteiger partial charge on any atom is -0.484 e. The third-order valence-corrected chi connectivity index (χ3v) is 6.15. The van der Waals surface area contributed by atoms with Crippen LogP contribution >= 0.6 is 7.82 Å². The van der Waals surface area contributed by atoms with Crippen molar-refractivity contribution in [3.63, 3.8) is 0 Å². The molecule has 1 unspecified atom stereocenters. The molecule has 218 valence electrons. The summed E-state index contributed by atoms with van der Waals surface area (Å²) in [6.07, 6.45) is -2.81. The van der Waals surface area contributed by atoms with Crippen LogP contribution in [0.1, 0.15) is 11.3 Å². The van der Waals surface area contributed by atoms with Crippen molar-refractivity contribution >= 4 is 7.82 Å². The highest BCUT2D eigenvalue weighted by molar-refractivity contribution is 7.46. The number of phosphoric ester groups is 1. The van der Waals surface area contributed by atoms with Gasteiger partial charge in [-0.05, 0) is 46.3 Å². The van der Waals surface area contributed by atoms with Crippen molar-refractivity contribution in [2.75, 3.05) is 6.61 Å². The molecule has 0 saturated heterocycles. The van der Waals surface area contributed by atoms with E-state index in [1.807, 2.05) is 0 Å². The van der Waals surface area contributed by atoms with E-state index in [2.05, 4.69) is 29.8 Å². The summed E-state index contributed by atoms with van der Waals surface area (Å²) < 4.78 is 120. The van der Waals surface area contributed by atoms with Crippen LogP contribution in [-0.4, -0.2) is 47.8 Å². The van der Waals surface area contributed by atoms with Gasteiger partial charge >= 0.3 is 19.9 Å². The van der Waals surface area contributed by atoms with E-state index in [4.69, 9.17) is 0 Å². The number of nitrogens with zero attached hydrogens (tertiary/aromatic N) is 5. The van der Waals surface area contributed by atoms with Crippen LogP contribution in [0.4, 0.5) is 30.7 Å². The Hall–Kier alpha value is -3.92. The van der Waals surface area contributed by atoms with Gasteiger partial charge in [0.2, 0.25) is 0 Å². The molecule has 0 aliphatic heterocycles. The van der Waals surface area contributed by atoms with Gasteiger partial charge in [-0.25, -0.2) is 18.0 Å². The number of ether oxygens (including phenoxy) is 1. The Morgan fingerprint density at radius 1 is 0.927 bits per heavy atom. The molecule has 0 aliphatic carbocycles. The molecule has 0 fully saturated rings. The topological polar surface area (TPSA) is 132 Å². The van der Waals surface area contributed by atoms with E-state index in [-0.39, 0.29) is 17.4 Å². The molecule has 4 aromatic rings. The lowest BCUT2D eigenvalue weighted by Gasteiger charge is -2.39. The monoisotopic (exact) mass is 607 g/mol. The van der Waals surface area contributed by atoms with Crippen LogP contribution in [0.3, 0.4) is 0 Å². The lowest BCUT2D eigenvalue weighted by molar-refractivity contribution is -0.199. The maximum atomic E-state index is 16.4. The Morgan fingerprint density at radius 2 is 1.61 bits per heavy atom.